The summed E-state index contributed by atoms with van der Waals surface area (Å²) in [6, 6.07) is 17.0. The Hall–Kier alpha value is -4.01. The molecule has 1 heterocycles. The van der Waals surface area contributed by atoms with Crippen molar-refractivity contribution in [1.82, 2.24) is 9.97 Å². The summed E-state index contributed by atoms with van der Waals surface area (Å²) in [6.45, 7) is 2.24. The second-order valence-electron chi connectivity index (χ2n) is 7.47. The normalized spacial score (nSPS) is 11.4. The summed E-state index contributed by atoms with van der Waals surface area (Å²) in [7, 11) is 3.13. The lowest BCUT2D eigenvalue weighted by Crippen LogP contribution is -2.17. The van der Waals surface area contributed by atoms with Crippen LogP contribution in [0.2, 0.25) is 0 Å². The van der Waals surface area contributed by atoms with E-state index in [4.69, 9.17) is 9.47 Å². The summed E-state index contributed by atoms with van der Waals surface area (Å²) in [5.74, 6) is 2.10. The topological polar surface area (TPSA) is 65.5 Å². The van der Waals surface area contributed by atoms with E-state index in [-0.39, 0.29) is 5.75 Å². The Bertz CT molecular complexity index is 1330. The van der Waals surface area contributed by atoms with Crippen molar-refractivity contribution in [1.29, 1.82) is 0 Å². The average Bonchev–Trinajstić information content (AvgIpc) is 2.81. The highest BCUT2D eigenvalue weighted by Gasteiger charge is 2.31. The van der Waals surface area contributed by atoms with E-state index < -0.39 is 6.36 Å². The van der Waals surface area contributed by atoms with Crippen LogP contribution in [-0.2, 0) is 6.54 Å². The molecule has 0 aliphatic heterocycles. The molecule has 0 saturated heterocycles. The Labute approximate surface area is 194 Å². The van der Waals surface area contributed by atoms with Crippen molar-refractivity contribution in [3.63, 3.8) is 0 Å². The number of rotatable bonds is 7. The van der Waals surface area contributed by atoms with Crippen LogP contribution in [0.1, 0.15) is 11.4 Å². The quantitative estimate of drug-likeness (QED) is 0.351. The molecule has 0 bridgehead atoms. The van der Waals surface area contributed by atoms with Crippen LogP contribution < -0.4 is 19.5 Å². The van der Waals surface area contributed by atoms with Crippen molar-refractivity contribution >= 4 is 16.7 Å². The summed E-state index contributed by atoms with van der Waals surface area (Å²) in [6.07, 6.45) is -4.74. The molecule has 0 fully saturated rings. The zero-order chi connectivity index (χ0) is 24.3. The molecular formula is C25H22F3N3O3. The van der Waals surface area contributed by atoms with Gasteiger partial charge in [-0.1, -0.05) is 30.3 Å². The second-order valence-corrected chi connectivity index (χ2v) is 7.47. The maximum atomic E-state index is 12.6. The van der Waals surface area contributed by atoms with E-state index >= 15 is 0 Å². The molecule has 34 heavy (non-hydrogen) atoms. The number of aryl methyl sites for hydroxylation is 1. The largest absolute Gasteiger partial charge is 0.573 e. The number of nitrogens with zero attached hydrogens (tertiary/aromatic N) is 2. The highest BCUT2D eigenvalue weighted by molar-refractivity contribution is 5.91. The summed E-state index contributed by atoms with van der Waals surface area (Å²) in [5.41, 5.74) is 3.01. The average molecular weight is 469 g/mol. The molecule has 0 saturated carbocycles. The Morgan fingerprint density at radius 2 is 1.53 bits per heavy atom. The third-order valence-electron chi connectivity index (χ3n) is 5.10. The van der Waals surface area contributed by atoms with E-state index in [0.717, 1.165) is 16.5 Å². The zero-order valence-electron chi connectivity index (χ0n) is 18.7. The van der Waals surface area contributed by atoms with Crippen LogP contribution in [0.15, 0.2) is 60.7 Å². The fraction of sp³-hybridized carbons (Fsp3) is 0.200. The van der Waals surface area contributed by atoms with Gasteiger partial charge in [0.05, 0.1) is 19.7 Å². The lowest BCUT2D eigenvalue weighted by molar-refractivity contribution is -0.274. The van der Waals surface area contributed by atoms with E-state index in [0.29, 0.717) is 40.8 Å². The summed E-state index contributed by atoms with van der Waals surface area (Å²) in [4.78, 5) is 9.02. The number of alkyl halides is 3. The highest BCUT2D eigenvalue weighted by atomic mass is 19.4. The third-order valence-corrected chi connectivity index (χ3v) is 5.10. The van der Waals surface area contributed by atoms with E-state index in [2.05, 4.69) is 20.0 Å². The number of anilines is 1. The van der Waals surface area contributed by atoms with Gasteiger partial charge in [-0.05, 0) is 47.9 Å². The molecule has 0 atom stereocenters. The number of hydrogen-bond acceptors (Lipinski definition) is 6. The Balaban J connectivity index is 1.60. The van der Waals surface area contributed by atoms with Gasteiger partial charge < -0.3 is 19.5 Å². The molecule has 9 heteroatoms. The van der Waals surface area contributed by atoms with Crippen molar-refractivity contribution in [2.45, 2.75) is 19.8 Å². The van der Waals surface area contributed by atoms with Gasteiger partial charge >= 0.3 is 6.36 Å². The second kappa shape index (κ2) is 9.46. The van der Waals surface area contributed by atoms with Gasteiger partial charge in [-0.3, -0.25) is 0 Å². The molecule has 0 aliphatic rings. The maximum Gasteiger partial charge on any atom is 0.573 e. The van der Waals surface area contributed by atoms with Crippen LogP contribution in [0.25, 0.3) is 22.0 Å². The molecule has 0 spiro atoms. The van der Waals surface area contributed by atoms with E-state index in [1.807, 2.05) is 30.3 Å². The Kier molecular flexibility index (Phi) is 6.45. The van der Waals surface area contributed by atoms with Crippen LogP contribution in [-0.4, -0.2) is 30.5 Å². The molecule has 4 aromatic rings. The number of hydrogen-bond donors (Lipinski definition) is 1. The standard InChI is InChI=1S/C25H22F3N3O3/c1-15-30-21-13-23(33-3)22(32-2)12-20(21)24(31-15)29-14-16-6-4-7-17(10-16)18-8-5-9-19(11-18)34-25(26,27)28/h4-13H,14H2,1-3H3,(H,29,30,31). The fourth-order valence-corrected chi connectivity index (χ4v) is 3.63. The van der Waals surface area contributed by atoms with Gasteiger partial charge in [0.1, 0.15) is 17.4 Å². The van der Waals surface area contributed by atoms with Crippen molar-refractivity contribution in [2.75, 3.05) is 19.5 Å². The molecule has 1 N–H and O–H groups in total. The summed E-state index contributed by atoms with van der Waals surface area (Å²) < 4.78 is 52.5. The molecule has 4 rings (SSSR count). The van der Waals surface area contributed by atoms with Crippen molar-refractivity contribution in [3.8, 4) is 28.4 Å². The predicted octanol–water partition coefficient (Wildman–Crippen LogP) is 6.13. The van der Waals surface area contributed by atoms with Gasteiger partial charge in [0.15, 0.2) is 11.5 Å². The first kappa shape index (κ1) is 23.2. The number of fused-ring (bicyclic) bond motifs is 1. The van der Waals surface area contributed by atoms with Gasteiger partial charge in [0.2, 0.25) is 0 Å². The number of halogens is 3. The molecular weight excluding hydrogens is 447 g/mol. The number of aromatic nitrogens is 2. The van der Waals surface area contributed by atoms with Gasteiger partial charge in [0.25, 0.3) is 0 Å². The first-order valence-corrected chi connectivity index (χ1v) is 10.3. The van der Waals surface area contributed by atoms with Gasteiger partial charge in [-0.2, -0.15) is 0 Å². The monoisotopic (exact) mass is 469 g/mol. The number of methoxy groups -OCH3 is 2. The van der Waals surface area contributed by atoms with Gasteiger partial charge in [-0.15, -0.1) is 13.2 Å². The summed E-state index contributed by atoms with van der Waals surface area (Å²) in [5, 5.41) is 4.11. The SMILES string of the molecule is COc1cc2nc(C)nc(NCc3cccc(-c4cccc(OC(F)(F)F)c4)c3)c2cc1OC. The molecule has 1 aromatic heterocycles. The highest BCUT2D eigenvalue weighted by Crippen LogP contribution is 2.34. The minimum absolute atomic E-state index is 0.263. The first-order chi connectivity index (χ1) is 16.3. The molecule has 0 radical (unpaired) electrons. The lowest BCUT2D eigenvalue weighted by atomic mass is 10.0. The molecule has 0 aliphatic carbocycles. The van der Waals surface area contributed by atoms with Crippen LogP contribution in [0, 0.1) is 6.92 Å². The van der Waals surface area contributed by atoms with E-state index in [1.165, 1.54) is 18.2 Å². The van der Waals surface area contributed by atoms with Gasteiger partial charge in [-0.25, -0.2) is 9.97 Å². The number of ether oxygens (including phenoxy) is 3. The molecule has 0 unspecified atom stereocenters. The van der Waals surface area contributed by atoms with Crippen molar-refractivity contribution in [3.05, 3.63) is 72.1 Å². The minimum atomic E-state index is -4.74. The predicted molar refractivity (Wildman–Crippen MR) is 123 cm³/mol. The zero-order valence-corrected chi connectivity index (χ0v) is 18.7. The summed E-state index contributed by atoms with van der Waals surface area (Å²) >= 11 is 0. The van der Waals surface area contributed by atoms with Crippen molar-refractivity contribution in [2.24, 2.45) is 0 Å². The molecule has 176 valence electrons. The fourth-order valence-electron chi connectivity index (χ4n) is 3.63. The Morgan fingerprint density at radius 3 is 2.24 bits per heavy atom. The van der Waals surface area contributed by atoms with Gasteiger partial charge in [0, 0.05) is 18.0 Å². The molecule has 3 aromatic carbocycles. The van der Waals surface area contributed by atoms with E-state index in [1.54, 1.807) is 33.3 Å². The van der Waals surface area contributed by atoms with Crippen LogP contribution in [0.4, 0.5) is 19.0 Å². The number of nitrogens with one attached hydrogen (secondary N) is 1. The maximum absolute atomic E-state index is 12.6. The first-order valence-electron chi connectivity index (χ1n) is 10.3. The van der Waals surface area contributed by atoms with Crippen LogP contribution in [0.5, 0.6) is 17.2 Å². The Morgan fingerprint density at radius 1 is 0.853 bits per heavy atom. The molecule has 6 nitrogen and oxygen atoms in total. The molecule has 0 amide bonds. The van der Waals surface area contributed by atoms with Crippen molar-refractivity contribution < 1.29 is 27.4 Å². The minimum Gasteiger partial charge on any atom is -0.493 e. The van der Waals surface area contributed by atoms with Crippen LogP contribution in [0.3, 0.4) is 0 Å². The third kappa shape index (κ3) is 5.31. The van der Waals surface area contributed by atoms with E-state index in [9.17, 15) is 13.2 Å². The smallest absolute Gasteiger partial charge is 0.493 e. The van der Waals surface area contributed by atoms with Crippen LogP contribution >= 0.6 is 0 Å². The lowest BCUT2D eigenvalue weighted by Gasteiger charge is -2.14. The number of benzene rings is 3.